The van der Waals surface area contributed by atoms with Crippen molar-refractivity contribution in [1.29, 1.82) is 0 Å². The quantitative estimate of drug-likeness (QED) is 0.556. The topological polar surface area (TPSA) is 30.5 Å². The van der Waals surface area contributed by atoms with Gasteiger partial charge in [0.25, 0.3) is 0 Å². The van der Waals surface area contributed by atoms with Gasteiger partial charge >= 0.3 is 0 Å². The smallest absolute Gasteiger partial charge is 0.0642 e. The summed E-state index contributed by atoms with van der Waals surface area (Å²) < 4.78 is 10.3. The van der Waals surface area contributed by atoms with Gasteiger partial charge in [0.1, 0.15) is 0 Å². The average molecular weight is 161 g/mol. The van der Waals surface area contributed by atoms with Crippen molar-refractivity contribution in [2.45, 2.75) is 19.4 Å². The van der Waals surface area contributed by atoms with E-state index < -0.39 is 0 Å². The van der Waals surface area contributed by atoms with Crippen LogP contribution in [0.15, 0.2) is 0 Å². The van der Waals surface area contributed by atoms with Crippen molar-refractivity contribution >= 4 is 0 Å². The van der Waals surface area contributed by atoms with Crippen molar-refractivity contribution in [3.63, 3.8) is 0 Å². The SMILES string of the molecule is CCCOCC(COC)NC. The minimum absolute atomic E-state index is 0.326. The van der Waals surface area contributed by atoms with Crippen LogP contribution in [0, 0.1) is 0 Å². The molecule has 0 bridgehead atoms. The molecular formula is C8H19NO2. The Morgan fingerprint density at radius 2 is 2.09 bits per heavy atom. The van der Waals surface area contributed by atoms with E-state index >= 15 is 0 Å². The number of hydrogen-bond acceptors (Lipinski definition) is 3. The molecule has 1 N–H and O–H groups in total. The monoisotopic (exact) mass is 161 g/mol. The molecule has 0 aromatic heterocycles. The van der Waals surface area contributed by atoms with Gasteiger partial charge in [0.15, 0.2) is 0 Å². The van der Waals surface area contributed by atoms with Crippen LogP contribution < -0.4 is 5.32 Å². The minimum Gasteiger partial charge on any atom is -0.383 e. The van der Waals surface area contributed by atoms with Crippen LogP contribution in [0.4, 0.5) is 0 Å². The maximum atomic E-state index is 5.35. The van der Waals surface area contributed by atoms with Gasteiger partial charge in [-0.15, -0.1) is 0 Å². The van der Waals surface area contributed by atoms with Crippen LogP contribution in [0.2, 0.25) is 0 Å². The van der Waals surface area contributed by atoms with Crippen molar-refractivity contribution in [1.82, 2.24) is 5.32 Å². The summed E-state index contributed by atoms with van der Waals surface area (Å²) in [6.45, 7) is 4.38. The van der Waals surface area contributed by atoms with Crippen LogP contribution >= 0.6 is 0 Å². The molecule has 0 amide bonds. The average Bonchev–Trinajstić information content (AvgIpc) is 2.03. The number of likely N-dealkylation sites (N-methyl/N-ethyl adjacent to an activating group) is 1. The van der Waals surface area contributed by atoms with Gasteiger partial charge in [-0.2, -0.15) is 0 Å². The highest BCUT2D eigenvalue weighted by Gasteiger charge is 2.03. The van der Waals surface area contributed by atoms with Gasteiger partial charge in [-0.25, -0.2) is 0 Å². The van der Waals surface area contributed by atoms with E-state index in [2.05, 4.69) is 12.2 Å². The van der Waals surface area contributed by atoms with Crippen molar-refractivity contribution in [3.8, 4) is 0 Å². The summed E-state index contributed by atoms with van der Waals surface area (Å²) >= 11 is 0. The molecule has 3 heteroatoms. The zero-order valence-electron chi connectivity index (χ0n) is 7.72. The van der Waals surface area contributed by atoms with Gasteiger partial charge in [-0.3, -0.25) is 0 Å². The molecule has 0 aliphatic rings. The van der Waals surface area contributed by atoms with Gasteiger partial charge < -0.3 is 14.8 Å². The fourth-order valence-corrected chi connectivity index (χ4v) is 0.786. The van der Waals surface area contributed by atoms with E-state index in [0.29, 0.717) is 12.6 Å². The van der Waals surface area contributed by atoms with Gasteiger partial charge in [0.2, 0.25) is 0 Å². The van der Waals surface area contributed by atoms with Crippen LogP contribution in [0.25, 0.3) is 0 Å². The molecule has 0 aromatic rings. The Morgan fingerprint density at radius 1 is 1.36 bits per heavy atom. The molecule has 0 aliphatic carbocycles. The molecule has 1 unspecified atom stereocenters. The fourth-order valence-electron chi connectivity index (χ4n) is 0.786. The largest absolute Gasteiger partial charge is 0.383 e. The predicted molar refractivity (Wildman–Crippen MR) is 45.8 cm³/mol. The molecule has 0 saturated heterocycles. The molecule has 0 heterocycles. The summed E-state index contributed by atoms with van der Waals surface area (Å²) in [5, 5.41) is 3.11. The predicted octanol–water partition coefficient (Wildman–Crippen LogP) is 0.647. The van der Waals surface area contributed by atoms with E-state index in [4.69, 9.17) is 9.47 Å². The third-order valence-corrected chi connectivity index (χ3v) is 1.44. The lowest BCUT2D eigenvalue weighted by molar-refractivity contribution is 0.0773. The van der Waals surface area contributed by atoms with E-state index in [-0.39, 0.29) is 0 Å². The number of nitrogens with one attached hydrogen (secondary N) is 1. The first-order valence-corrected chi connectivity index (χ1v) is 4.09. The van der Waals surface area contributed by atoms with Gasteiger partial charge in [-0.1, -0.05) is 6.92 Å². The van der Waals surface area contributed by atoms with E-state index in [1.54, 1.807) is 7.11 Å². The Bertz CT molecular complexity index is 78.5. The molecule has 0 aliphatic heterocycles. The minimum atomic E-state index is 0.326. The van der Waals surface area contributed by atoms with Crippen LogP contribution in [0.5, 0.6) is 0 Å². The fraction of sp³-hybridized carbons (Fsp3) is 1.00. The molecular weight excluding hydrogens is 142 g/mol. The Morgan fingerprint density at radius 3 is 2.55 bits per heavy atom. The molecule has 3 nitrogen and oxygen atoms in total. The molecule has 68 valence electrons. The van der Waals surface area contributed by atoms with Crippen LogP contribution in [0.3, 0.4) is 0 Å². The maximum absolute atomic E-state index is 5.35. The van der Waals surface area contributed by atoms with E-state index in [0.717, 1.165) is 19.6 Å². The van der Waals surface area contributed by atoms with Crippen molar-refractivity contribution < 1.29 is 9.47 Å². The molecule has 11 heavy (non-hydrogen) atoms. The zero-order chi connectivity index (χ0) is 8.53. The number of ether oxygens (including phenoxy) is 2. The van der Waals surface area contributed by atoms with Gasteiger partial charge in [-0.05, 0) is 13.5 Å². The third kappa shape index (κ3) is 6.28. The Balaban J connectivity index is 3.20. The normalized spacial score (nSPS) is 13.4. The molecule has 0 saturated carbocycles. The summed E-state index contributed by atoms with van der Waals surface area (Å²) in [6, 6.07) is 0.326. The maximum Gasteiger partial charge on any atom is 0.0642 e. The second kappa shape index (κ2) is 7.98. The highest BCUT2D eigenvalue weighted by Crippen LogP contribution is 1.87. The Hall–Kier alpha value is -0.120. The van der Waals surface area contributed by atoms with Gasteiger partial charge in [0.05, 0.1) is 19.3 Å². The molecule has 0 spiro atoms. The van der Waals surface area contributed by atoms with Crippen LogP contribution in [0.1, 0.15) is 13.3 Å². The van der Waals surface area contributed by atoms with Crippen LogP contribution in [-0.2, 0) is 9.47 Å². The lowest BCUT2D eigenvalue weighted by atomic mass is 10.3. The zero-order valence-corrected chi connectivity index (χ0v) is 7.72. The second-order valence-corrected chi connectivity index (χ2v) is 2.52. The van der Waals surface area contributed by atoms with E-state index in [1.807, 2.05) is 7.05 Å². The third-order valence-electron chi connectivity index (χ3n) is 1.44. The first-order chi connectivity index (χ1) is 5.35. The number of methoxy groups -OCH3 is 1. The number of rotatable bonds is 7. The van der Waals surface area contributed by atoms with E-state index in [1.165, 1.54) is 0 Å². The van der Waals surface area contributed by atoms with Crippen molar-refractivity contribution in [2.24, 2.45) is 0 Å². The second-order valence-electron chi connectivity index (χ2n) is 2.52. The summed E-state index contributed by atoms with van der Waals surface area (Å²) in [5.41, 5.74) is 0. The highest BCUT2D eigenvalue weighted by molar-refractivity contribution is 4.60. The molecule has 0 rings (SSSR count). The van der Waals surface area contributed by atoms with Gasteiger partial charge in [0, 0.05) is 13.7 Å². The summed E-state index contributed by atoms with van der Waals surface area (Å²) in [6.07, 6.45) is 1.07. The van der Waals surface area contributed by atoms with Crippen LogP contribution in [-0.4, -0.2) is 40.0 Å². The Labute approximate surface area is 69.1 Å². The lowest BCUT2D eigenvalue weighted by Gasteiger charge is -2.14. The first-order valence-electron chi connectivity index (χ1n) is 4.09. The van der Waals surface area contributed by atoms with Crippen molar-refractivity contribution in [2.75, 3.05) is 34.0 Å². The lowest BCUT2D eigenvalue weighted by Crippen LogP contribution is -2.34. The first kappa shape index (κ1) is 10.9. The molecule has 0 aromatic carbocycles. The Kier molecular flexibility index (Phi) is 7.89. The summed E-state index contributed by atoms with van der Waals surface area (Å²) in [7, 11) is 3.61. The number of hydrogen-bond donors (Lipinski definition) is 1. The van der Waals surface area contributed by atoms with Crippen molar-refractivity contribution in [3.05, 3.63) is 0 Å². The highest BCUT2D eigenvalue weighted by atomic mass is 16.5. The summed E-state index contributed by atoms with van der Waals surface area (Å²) in [4.78, 5) is 0. The molecule has 1 atom stereocenters. The molecule has 0 radical (unpaired) electrons. The summed E-state index contributed by atoms with van der Waals surface area (Å²) in [5.74, 6) is 0. The standard InChI is InChI=1S/C8H19NO2/c1-4-5-11-7-8(9-2)6-10-3/h8-9H,4-7H2,1-3H3. The van der Waals surface area contributed by atoms with E-state index in [9.17, 15) is 0 Å². The molecule has 0 fully saturated rings.